The van der Waals surface area contributed by atoms with Crippen molar-refractivity contribution in [2.45, 2.75) is 37.8 Å². The maximum atomic E-state index is 11.5. The first kappa shape index (κ1) is 16.0. The van der Waals surface area contributed by atoms with Gasteiger partial charge in [0.25, 0.3) is 0 Å². The lowest BCUT2D eigenvalue weighted by molar-refractivity contribution is 0.432. The highest BCUT2D eigenvalue weighted by Crippen LogP contribution is 2.25. The summed E-state index contributed by atoms with van der Waals surface area (Å²) in [5.74, 6) is 0.420. The normalized spacial score (nSPS) is 38.5. The maximum absolute atomic E-state index is 11.5. The minimum atomic E-state index is -3.01. The van der Waals surface area contributed by atoms with Crippen LogP contribution in [0.15, 0.2) is 0 Å². The number of hydrogen-bond acceptors (Lipinski definition) is 5. The lowest BCUT2D eigenvalue weighted by atomic mass is 10.0. The van der Waals surface area contributed by atoms with Crippen molar-refractivity contribution in [3.8, 4) is 0 Å². The fraction of sp³-hybridized carbons (Fsp3) is 0.909. The Balaban J connectivity index is 1.97. The van der Waals surface area contributed by atoms with E-state index in [-0.39, 0.29) is 23.0 Å². The maximum Gasteiger partial charge on any atom is 0.167 e. The summed E-state index contributed by atoms with van der Waals surface area (Å²) < 4.78 is 46.1. The van der Waals surface area contributed by atoms with Crippen LogP contribution < -0.4 is 10.6 Å². The van der Waals surface area contributed by atoms with Crippen molar-refractivity contribution in [2.24, 2.45) is 0 Å². The molecule has 0 amide bonds. The van der Waals surface area contributed by atoms with Gasteiger partial charge in [0.2, 0.25) is 0 Å². The lowest BCUT2D eigenvalue weighted by Gasteiger charge is -2.31. The van der Waals surface area contributed by atoms with E-state index >= 15 is 0 Å². The molecule has 0 unspecified atom stereocenters. The molecule has 2 heterocycles. The van der Waals surface area contributed by atoms with Crippen LogP contribution in [0.2, 0.25) is 0 Å². The average molecular weight is 340 g/mol. The second-order valence-electron chi connectivity index (χ2n) is 6.38. The van der Waals surface area contributed by atoms with E-state index in [4.69, 9.17) is 12.2 Å². The highest BCUT2D eigenvalue weighted by molar-refractivity contribution is 7.92. The number of hydrogen-bond donors (Lipinski definition) is 2. The quantitative estimate of drug-likeness (QED) is 0.661. The molecule has 20 heavy (non-hydrogen) atoms. The Kier molecular flexibility index (Phi) is 3.84. The van der Waals surface area contributed by atoms with E-state index < -0.39 is 30.8 Å². The molecular weight excluding hydrogens is 320 g/mol. The van der Waals surface area contributed by atoms with Crippen LogP contribution in [0.1, 0.15) is 26.7 Å². The van der Waals surface area contributed by atoms with Gasteiger partial charge < -0.3 is 10.6 Å². The van der Waals surface area contributed by atoms with Crippen LogP contribution in [-0.4, -0.2) is 56.0 Å². The van der Waals surface area contributed by atoms with Gasteiger partial charge in [-0.05, 0) is 38.9 Å². The Morgan fingerprint density at radius 1 is 0.900 bits per heavy atom. The number of sulfone groups is 2. The van der Waals surface area contributed by atoms with Crippen molar-refractivity contribution < 1.29 is 16.8 Å². The molecule has 0 aliphatic carbocycles. The van der Waals surface area contributed by atoms with E-state index in [2.05, 4.69) is 10.6 Å². The summed E-state index contributed by atoms with van der Waals surface area (Å²) in [7, 11) is -6.01. The van der Waals surface area contributed by atoms with Crippen LogP contribution in [0, 0.1) is 0 Å². The highest BCUT2D eigenvalue weighted by Gasteiger charge is 2.42. The molecule has 2 saturated heterocycles. The first-order valence-electron chi connectivity index (χ1n) is 6.44. The monoisotopic (exact) mass is 340 g/mol. The van der Waals surface area contributed by atoms with Crippen molar-refractivity contribution in [1.29, 1.82) is 0 Å². The van der Waals surface area contributed by atoms with Gasteiger partial charge in [-0.3, -0.25) is 0 Å². The van der Waals surface area contributed by atoms with Crippen molar-refractivity contribution in [3.63, 3.8) is 0 Å². The summed E-state index contributed by atoms with van der Waals surface area (Å²) in [6.45, 7) is 3.64. The smallest absolute Gasteiger partial charge is 0.167 e. The second-order valence-corrected chi connectivity index (χ2v) is 11.2. The van der Waals surface area contributed by atoms with Crippen LogP contribution in [0.4, 0.5) is 0 Å². The summed E-state index contributed by atoms with van der Waals surface area (Å²) in [6.07, 6.45) is 1.01. The first-order chi connectivity index (χ1) is 8.93. The Morgan fingerprint density at radius 2 is 1.25 bits per heavy atom. The predicted octanol–water partition coefficient (Wildman–Crippen LogP) is -0.395. The van der Waals surface area contributed by atoms with E-state index in [9.17, 15) is 16.8 Å². The Hall–Kier alpha value is -0.410. The third kappa shape index (κ3) is 3.82. The van der Waals surface area contributed by atoms with Crippen molar-refractivity contribution in [3.05, 3.63) is 0 Å². The van der Waals surface area contributed by atoms with E-state index in [1.54, 1.807) is 0 Å². The summed E-state index contributed by atoms with van der Waals surface area (Å²) in [5.41, 5.74) is -1.15. The van der Waals surface area contributed by atoms with E-state index in [1.165, 1.54) is 0 Å². The Bertz CT molecular complexity index is 574. The third-order valence-corrected chi connectivity index (χ3v) is 7.85. The van der Waals surface area contributed by atoms with Gasteiger partial charge in [0.05, 0.1) is 34.1 Å². The van der Waals surface area contributed by atoms with E-state index in [1.807, 2.05) is 13.8 Å². The molecule has 116 valence electrons. The van der Waals surface area contributed by atoms with Gasteiger partial charge in [0.15, 0.2) is 24.8 Å². The molecule has 2 rings (SSSR count). The summed E-state index contributed by atoms with van der Waals surface area (Å²) in [5, 5.41) is 6.40. The van der Waals surface area contributed by atoms with Crippen molar-refractivity contribution in [2.75, 3.05) is 23.0 Å². The zero-order valence-electron chi connectivity index (χ0n) is 11.6. The fourth-order valence-corrected chi connectivity index (χ4v) is 7.48. The second kappa shape index (κ2) is 4.81. The molecule has 2 fully saturated rings. The molecule has 0 saturated carbocycles. The first-order valence-corrected chi connectivity index (χ1v) is 10.5. The zero-order chi connectivity index (χ0) is 15.2. The standard InChI is InChI=1S/C11H20N2O4S3/c1-10(3-5-19(14,15)7-10)12-9(18)13-11(2)4-6-20(16,17)8-11/h3-8H2,1-2H3,(H2,12,13,18)/t10-,11+. The van der Waals surface area contributed by atoms with Gasteiger partial charge in [-0.2, -0.15) is 0 Å². The molecule has 0 spiro atoms. The summed E-state index contributed by atoms with van der Waals surface area (Å²) >= 11 is 5.21. The molecule has 0 bridgehead atoms. The van der Waals surface area contributed by atoms with Crippen LogP contribution in [-0.2, 0) is 19.7 Å². The third-order valence-electron chi connectivity index (χ3n) is 3.84. The summed E-state index contributed by atoms with van der Waals surface area (Å²) in [4.78, 5) is 0. The predicted molar refractivity (Wildman–Crippen MR) is 82.2 cm³/mol. The molecule has 6 nitrogen and oxygen atoms in total. The van der Waals surface area contributed by atoms with E-state index in [0.717, 1.165) is 0 Å². The number of thiocarbonyl (C=S) groups is 1. The van der Waals surface area contributed by atoms with Crippen molar-refractivity contribution >= 4 is 37.0 Å². The van der Waals surface area contributed by atoms with Gasteiger partial charge in [0, 0.05) is 0 Å². The lowest BCUT2D eigenvalue weighted by Crippen LogP contribution is -2.57. The molecule has 2 atom stereocenters. The zero-order valence-corrected chi connectivity index (χ0v) is 14.0. The van der Waals surface area contributed by atoms with E-state index in [0.29, 0.717) is 18.0 Å². The van der Waals surface area contributed by atoms with Crippen molar-refractivity contribution in [1.82, 2.24) is 10.6 Å². The van der Waals surface area contributed by atoms with Gasteiger partial charge in [-0.25, -0.2) is 16.8 Å². The van der Waals surface area contributed by atoms with Gasteiger partial charge in [0.1, 0.15) is 0 Å². The van der Waals surface area contributed by atoms with Crippen LogP contribution in [0.3, 0.4) is 0 Å². The Labute approximate surface area is 125 Å². The Morgan fingerprint density at radius 3 is 1.50 bits per heavy atom. The number of rotatable bonds is 2. The molecule has 2 aliphatic rings. The molecule has 0 aromatic rings. The minimum Gasteiger partial charge on any atom is -0.357 e. The molecule has 2 N–H and O–H groups in total. The van der Waals surface area contributed by atoms with Gasteiger partial charge in [-0.1, -0.05) is 0 Å². The molecule has 2 aliphatic heterocycles. The number of nitrogens with one attached hydrogen (secondary N) is 2. The minimum absolute atomic E-state index is 0.0524. The molecule has 0 aromatic carbocycles. The highest BCUT2D eigenvalue weighted by atomic mass is 32.2. The van der Waals surface area contributed by atoms with Gasteiger partial charge >= 0.3 is 0 Å². The van der Waals surface area contributed by atoms with Gasteiger partial charge in [-0.15, -0.1) is 0 Å². The molecular formula is C11H20N2O4S3. The fourth-order valence-electron chi connectivity index (χ4n) is 2.80. The SMILES string of the molecule is C[C@]1(NC(=S)N[C@]2(C)CCS(=O)(=O)C2)CCS(=O)(=O)C1. The summed E-state index contributed by atoms with van der Waals surface area (Å²) in [6, 6.07) is 0. The average Bonchev–Trinajstić information content (AvgIpc) is 2.62. The topological polar surface area (TPSA) is 92.3 Å². The van der Waals surface area contributed by atoms with Crippen LogP contribution in [0.25, 0.3) is 0 Å². The molecule has 9 heteroatoms. The molecule has 0 radical (unpaired) electrons. The van der Waals surface area contributed by atoms with Crippen LogP contribution >= 0.6 is 12.2 Å². The largest absolute Gasteiger partial charge is 0.357 e. The molecule has 0 aromatic heterocycles. The van der Waals surface area contributed by atoms with Crippen LogP contribution in [0.5, 0.6) is 0 Å².